The molecule has 0 radical (unpaired) electrons. The Morgan fingerprint density at radius 1 is 1.12 bits per heavy atom. The molecule has 4 heteroatoms. The summed E-state index contributed by atoms with van der Waals surface area (Å²) in [4.78, 5) is 12.0. The van der Waals surface area contributed by atoms with E-state index in [0.717, 1.165) is 44.2 Å². The van der Waals surface area contributed by atoms with Gasteiger partial charge >= 0.3 is 158 Å². The average molecular weight is 353 g/mol. The summed E-state index contributed by atoms with van der Waals surface area (Å²) in [6, 6.07) is 0. The summed E-state index contributed by atoms with van der Waals surface area (Å²) in [5.74, 6) is 1.42. The van der Waals surface area contributed by atoms with E-state index in [1.54, 1.807) is 0 Å². The van der Waals surface area contributed by atoms with Gasteiger partial charge < -0.3 is 0 Å². The van der Waals surface area contributed by atoms with Gasteiger partial charge in [-0.3, -0.25) is 0 Å². The van der Waals surface area contributed by atoms with Crippen LogP contribution in [0.4, 0.5) is 0 Å². The van der Waals surface area contributed by atoms with Crippen LogP contribution in [0.2, 0.25) is 0 Å². The molecule has 1 saturated heterocycles. The fourth-order valence-corrected chi connectivity index (χ4v) is 8.08. The summed E-state index contributed by atoms with van der Waals surface area (Å²) in [6.07, 6.45) is 12.5. The van der Waals surface area contributed by atoms with Crippen LogP contribution >= 0.6 is 0 Å². The van der Waals surface area contributed by atoms with Gasteiger partial charge in [0, 0.05) is 0 Å². The van der Waals surface area contributed by atoms with Gasteiger partial charge in [0.2, 0.25) is 0 Å². The number of nitrogens with two attached hydrogens (primary N) is 1. The van der Waals surface area contributed by atoms with Crippen molar-refractivity contribution in [2.75, 3.05) is 0 Å². The Hall–Kier alpha value is -0.895. The second kappa shape index (κ2) is 5.13. The van der Waals surface area contributed by atoms with Crippen LogP contribution in [0.5, 0.6) is 0 Å². The van der Waals surface area contributed by atoms with E-state index in [1.807, 2.05) is 0 Å². The Morgan fingerprint density at radius 3 is 2.62 bits per heavy atom. The van der Waals surface area contributed by atoms with Gasteiger partial charge in [0.1, 0.15) is 0 Å². The summed E-state index contributed by atoms with van der Waals surface area (Å²) in [6.45, 7) is 4.86. The van der Waals surface area contributed by atoms with Gasteiger partial charge in [0.25, 0.3) is 0 Å². The van der Waals surface area contributed by atoms with Gasteiger partial charge in [-0.05, 0) is 0 Å². The normalized spacial score (nSPS) is 52.9. The van der Waals surface area contributed by atoms with Crippen LogP contribution in [0.25, 0.3) is 0 Å². The van der Waals surface area contributed by atoms with E-state index in [0.29, 0.717) is 24.0 Å². The van der Waals surface area contributed by atoms with Crippen LogP contribution in [-0.2, 0) is 9.53 Å². The average Bonchev–Trinajstić information content (AvgIpc) is 3.10. The Kier molecular flexibility index (Phi) is 3.39. The van der Waals surface area contributed by atoms with Crippen LogP contribution in [0.15, 0.2) is 11.6 Å². The third-order valence-corrected chi connectivity index (χ3v) is 9.56. The van der Waals surface area contributed by atoms with Gasteiger partial charge in [-0.25, -0.2) is 0 Å². The minimum absolute atomic E-state index is 0.0283. The van der Waals surface area contributed by atoms with Gasteiger partial charge in [-0.1, -0.05) is 0 Å². The number of hydrogen-bond acceptors (Lipinski definition) is 3. The summed E-state index contributed by atoms with van der Waals surface area (Å²) >= 11 is 0. The number of fused-ring (bicyclic) bond motifs is 6. The zero-order valence-electron chi connectivity index (χ0n) is 16.4. The minimum atomic E-state index is -0.150. The fraction of sp³-hybridized carbons (Fsp3) is 0.818. The molecule has 5 rings (SSSR count). The molecule has 2 N–H and O–H groups in total. The van der Waals surface area contributed by atoms with E-state index >= 15 is 0 Å². The summed E-state index contributed by atoms with van der Waals surface area (Å²) in [5, 5.41) is 0. The number of ketones is 1. The quantitative estimate of drug-likeness (QED) is 0.538. The molecule has 3 nitrogen and oxygen atoms in total. The summed E-state index contributed by atoms with van der Waals surface area (Å²) < 4.78 is 6.44. The van der Waals surface area contributed by atoms with E-state index < -0.39 is 0 Å². The maximum atomic E-state index is 12.0. The van der Waals surface area contributed by atoms with Crippen molar-refractivity contribution in [1.82, 2.24) is 0 Å². The first-order valence-electron chi connectivity index (χ1n) is 10.6. The summed E-state index contributed by atoms with van der Waals surface area (Å²) in [7, 11) is 4.12. The predicted molar refractivity (Wildman–Crippen MR) is 105 cm³/mol. The van der Waals surface area contributed by atoms with Gasteiger partial charge in [-0.2, -0.15) is 0 Å². The molecule has 1 aliphatic heterocycles. The Balaban J connectivity index is 1.55. The zero-order chi connectivity index (χ0) is 18.4. The molecule has 140 valence electrons. The number of carbonyl (C=O) groups excluding carboxylic acids is 1. The van der Waals surface area contributed by atoms with E-state index in [1.165, 1.54) is 24.8 Å². The molecule has 3 saturated carbocycles. The zero-order valence-corrected chi connectivity index (χ0v) is 16.4. The number of rotatable bonds is 0. The van der Waals surface area contributed by atoms with Crippen molar-refractivity contribution in [2.24, 2.45) is 28.4 Å². The van der Waals surface area contributed by atoms with Crippen molar-refractivity contribution >= 4 is 18.9 Å². The SMILES string of the molecule is B=C1CCC2(CCC3C4(N)CC=C5CC(=O)CCC5(C)C4CCC32C)O1. The molecule has 1 heterocycles. The molecule has 0 bridgehead atoms. The van der Waals surface area contributed by atoms with E-state index in [4.69, 9.17) is 10.5 Å². The van der Waals surface area contributed by atoms with Crippen molar-refractivity contribution in [3.8, 4) is 0 Å². The number of allylic oxidation sites excluding steroid dienone is 1. The topological polar surface area (TPSA) is 52.3 Å². The molecular formula is C22H32BNO2. The van der Waals surface area contributed by atoms with Gasteiger partial charge in [0.05, 0.1) is 0 Å². The number of Topliss-reactive ketones (excluding diaryl/α,β-unsaturated/α-hetero) is 1. The van der Waals surface area contributed by atoms with Crippen molar-refractivity contribution in [3.63, 3.8) is 0 Å². The predicted octanol–water partition coefficient (Wildman–Crippen LogP) is 3.18. The summed E-state index contributed by atoms with van der Waals surface area (Å²) in [5.41, 5.74) is 9.81. The van der Waals surface area contributed by atoms with Crippen molar-refractivity contribution in [2.45, 2.75) is 89.2 Å². The molecule has 6 unspecified atom stereocenters. The molecule has 26 heavy (non-hydrogen) atoms. The Labute approximate surface area is 158 Å². The van der Waals surface area contributed by atoms with Crippen LogP contribution in [-0.4, -0.2) is 30.1 Å². The molecule has 6 atom stereocenters. The monoisotopic (exact) mass is 353 g/mol. The van der Waals surface area contributed by atoms with Crippen molar-refractivity contribution < 1.29 is 9.53 Å². The molecule has 1 spiro atoms. The molecular weight excluding hydrogens is 321 g/mol. The molecule has 4 fully saturated rings. The Morgan fingerprint density at radius 2 is 1.88 bits per heavy atom. The molecule has 0 amide bonds. The number of ether oxygens (including phenoxy) is 1. The van der Waals surface area contributed by atoms with Crippen molar-refractivity contribution in [3.05, 3.63) is 11.6 Å². The van der Waals surface area contributed by atoms with E-state index in [9.17, 15) is 4.79 Å². The number of hydrogen-bond donors (Lipinski definition) is 1. The van der Waals surface area contributed by atoms with Crippen LogP contribution < -0.4 is 5.73 Å². The first-order valence-corrected chi connectivity index (χ1v) is 10.6. The van der Waals surface area contributed by atoms with Crippen molar-refractivity contribution in [1.29, 1.82) is 0 Å². The number of carbonyl (C=O) groups is 1. The van der Waals surface area contributed by atoms with E-state index in [-0.39, 0.29) is 22.0 Å². The molecule has 0 aromatic carbocycles. The van der Waals surface area contributed by atoms with Crippen LogP contribution in [0.3, 0.4) is 0 Å². The third kappa shape index (κ3) is 1.90. The fourth-order valence-electron chi connectivity index (χ4n) is 8.08. The van der Waals surface area contributed by atoms with Crippen LogP contribution in [0, 0.1) is 22.7 Å². The second-order valence-corrected chi connectivity index (χ2v) is 10.4. The molecule has 4 aliphatic carbocycles. The third-order valence-electron chi connectivity index (χ3n) is 9.56. The molecule has 5 aliphatic rings. The molecule has 0 aromatic heterocycles. The first kappa shape index (κ1) is 17.2. The Bertz CT molecular complexity index is 732. The van der Waals surface area contributed by atoms with E-state index in [2.05, 4.69) is 27.4 Å². The maximum absolute atomic E-state index is 12.0. The van der Waals surface area contributed by atoms with Crippen LogP contribution in [0.1, 0.15) is 78.1 Å². The molecule has 0 aromatic rings. The second-order valence-electron chi connectivity index (χ2n) is 10.4. The first-order chi connectivity index (χ1) is 12.2. The standard InChI is InChI=1S/C22H32BNO2/c1-19-8-4-15(25)13-14(19)3-12-22(24)16(19)5-9-20(2)17(22)6-10-21(20)11-7-18(23)26-21/h3,16-17,23H,4-13,24H2,1-2H3. The van der Waals surface area contributed by atoms with Gasteiger partial charge in [0.15, 0.2) is 0 Å². The van der Waals surface area contributed by atoms with Gasteiger partial charge in [-0.15, -0.1) is 0 Å².